The summed E-state index contributed by atoms with van der Waals surface area (Å²) in [4.78, 5) is 10.9. The topological polar surface area (TPSA) is 50.3 Å². The Morgan fingerprint density at radius 1 is 1.53 bits per heavy atom. The average Bonchev–Trinajstić information content (AvgIpc) is 2.96. The Labute approximate surface area is 119 Å². The maximum atomic E-state index is 5.20. The van der Waals surface area contributed by atoms with Gasteiger partial charge in [0.2, 0.25) is 0 Å². The Balaban J connectivity index is 2.05. The molecule has 1 fully saturated rings. The molecule has 1 aliphatic rings. The lowest BCUT2D eigenvalue weighted by molar-refractivity contribution is 0.204. The van der Waals surface area contributed by atoms with Gasteiger partial charge in [0.25, 0.3) is 0 Å². The number of rotatable bonds is 7. The summed E-state index contributed by atoms with van der Waals surface area (Å²) in [6.45, 7) is 3.68. The Kier molecular flexibility index (Phi) is 5.88. The van der Waals surface area contributed by atoms with Crippen LogP contribution in [0, 0.1) is 0 Å². The molecule has 1 aliphatic heterocycles. The predicted octanol–water partition coefficient (Wildman–Crippen LogP) is 1.40. The fourth-order valence-electron chi connectivity index (χ4n) is 2.29. The number of nitrogens with one attached hydrogen (secondary N) is 1. The van der Waals surface area contributed by atoms with Crippen molar-refractivity contribution >= 4 is 17.6 Å². The lowest BCUT2D eigenvalue weighted by Gasteiger charge is -2.26. The Bertz CT molecular complexity index is 385. The second kappa shape index (κ2) is 7.67. The van der Waals surface area contributed by atoms with Crippen molar-refractivity contribution in [3.05, 3.63) is 12.4 Å². The summed E-state index contributed by atoms with van der Waals surface area (Å²) in [6.07, 6.45) is 6.18. The minimum atomic E-state index is 0.560. The van der Waals surface area contributed by atoms with Gasteiger partial charge in [-0.1, -0.05) is 0 Å². The van der Waals surface area contributed by atoms with Gasteiger partial charge in [-0.25, -0.2) is 9.97 Å². The molecular formula is C13H22N4OS. The van der Waals surface area contributed by atoms with Gasteiger partial charge in [0, 0.05) is 32.3 Å². The second-order valence-corrected chi connectivity index (χ2v) is 5.48. The normalized spacial score (nSPS) is 18.7. The summed E-state index contributed by atoms with van der Waals surface area (Å²) < 4.78 is 5.20. The van der Waals surface area contributed by atoms with Crippen LogP contribution in [0.4, 0.5) is 5.82 Å². The van der Waals surface area contributed by atoms with Crippen molar-refractivity contribution in [2.75, 3.05) is 44.5 Å². The lowest BCUT2D eigenvalue weighted by atomic mass is 10.2. The number of hydrogen-bond donors (Lipinski definition) is 1. The van der Waals surface area contributed by atoms with Crippen molar-refractivity contribution in [2.45, 2.75) is 23.9 Å². The van der Waals surface area contributed by atoms with E-state index in [1.807, 2.05) is 6.26 Å². The Hall–Kier alpha value is -0.850. The standard InChI is InChI=1S/C13H22N4OS/c1-18-7-6-17(9-11-4-3-5-14-11)12-8-13(19-2)16-10-15-12/h8,10-11,14H,3-7,9H2,1-2H3. The highest BCUT2D eigenvalue weighted by Crippen LogP contribution is 2.18. The summed E-state index contributed by atoms with van der Waals surface area (Å²) in [5.41, 5.74) is 0. The highest BCUT2D eigenvalue weighted by atomic mass is 32.2. The monoisotopic (exact) mass is 282 g/mol. The molecule has 1 atom stereocenters. The number of thioether (sulfide) groups is 1. The maximum Gasteiger partial charge on any atom is 0.133 e. The quantitative estimate of drug-likeness (QED) is 0.603. The van der Waals surface area contributed by atoms with E-state index in [9.17, 15) is 0 Å². The third-order valence-electron chi connectivity index (χ3n) is 3.33. The summed E-state index contributed by atoms with van der Waals surface area (Å²) in [7, 11) is 1.74. The van der Waals surface area contributed by atoms with Crippen LogP contribution in [0.2, 0.25) is 0 Å². The van der Waals surface area contributed by atoms with Crippen molar-refractivity contribution in [3.63, 3.8) is 0 Å². The highest BCUT2D eigenvalue weighted by molar-refractivity contribution is 7.98. The third kappa shape index (κ3) is 4.33. The van der Waals surface area contributed by atoms with E-state index in [4.69, 9.17) is 4.74 Å². The van der Waals surface area contributed by atoms with E-state index in [-0.39, 0.29) is 0 Å². The molecule has 19 heavy (non-hydrogen) atoms. The van der Waals surface area contributed by atoms with Crippen LogP contribution >= 0.6 is 11.8 Å². The van der Waals surface area contributed by atoms with Gasteiger partial charge in [0.15, 0.2) is 0 Å². The highest BCUT2D eigenvalue weighted by Gasteiger charge is 2.19. The molecule has 1 aromatic heterocycles. The van der Waals surface area contributed by atoms with Crippen LogP contribution in [0.5, 0.6) is 0 Å². The molecule has 1 N–H and O–H groups in total. The number of methoxy groups -OCH3 is 1. The summed E-state index contributed by atoms with van der Waals surface area (Å²) >= 11 is 1.64. The molecule has 1 aromatic rings. The Morgan fingerprint density at radius 3 is 3.11 bits per heavy atom. The molecule has 1 unspecified atom stereocenters. The van der Waals surface area contributed by atoms with Gasteiger partial charge in [0.05, 0.1) is 6.61 Å². The first-order valence-corrected chi connectivity index (χ1v) is 7.89. The van der Waals surface area contributed by atoms with Gasteiger partial charge in [-0.05, 0) is 25.6 Å². The molecule has 0 aromatic carbocycles. The molecule has 0 amide bonds. The largest absolute Gasteiger partial charge is 0.383 e. The second-order valence-electron chi connectivity index (χ2n) is 4.65. The van der Waals surface area contributed by atoms with E-state index in [2.05, 4.69) is 26.3 Å². The van der Waals surface area contributed by atoms with E-state index >= 15 is 0 Å². The molecular weight excluding hydrogens is 260 g/mol. The average molecular weight is 282 g/mol. The molecule has 5 nitrogen and oxygen atoms in total. The fraction of sp³-hybridized carbons (Fsp3) is 0.692. The zero-order valence-electron chi connectivity index (χ0n) is 11.6. The van der Waals surface area contributed by atoms with Crippen LogP contribution in [0.15, 0.2) is 17.4 Å². The lowest BCUT2D eigenvalue weighted by Crippen LogP contribution is -2.39. The van der Waals surface area contributed by atoms with Crippen LogP contribution in [0.3, 0.4) is 0 Å². The van der Waals surface area contributed by atoms with Crippen LogP contribution in [-0.4, -0.2) is 55.6 Å². The maximum absolute atomic E-state index is 5.20. The van der Waals surface area contributed by atoms with Crippen LogP contribution < -0.4 is 10.2 Å². The third-order valence-corrected chi connectivity index (χ3v) is 3.97. The zero-order valence-corrected chi connectivity index (χ0v) is 12.4. The smallest absolute Gasteiger partial charge is 0.133 e. The summed E-state index contributed by atoms with van der Waals surface area (Å²) in [5, 5.41) is 4.54. The van der Waals surface area contributed by atoms with Crippen molar-refractivity contribution in [2.24, 2.45) is 0 Å². The van der Waals surface area contributed by atoms with Crippen molar-refractivity contribution in [3.8, 4) is 0 Å². The number of ether oxygens (including phenoxy) is 1. The van der Waals surface area contributed by atoms with E-state index < -0.39 is 0 Å². The van der Waals surface area contributed by atoms with Crippen molar-refractivity contribution < 1.29 is 4.74 Å². The first-order chi connectivity index (χ1) is 9.33. The zero-order chi connectivity index (χ0) is 13.5. The van der Waals surface area contributed by atoms with E-state index in [0.717, 1.165) is 30.5 Å². The van der Waals surface area contributed by atoms with Gasteiger partial charge < -0.3 is 15.0 Å². The first-order valence-electron chi connectivity index (χ1n) is 6.67. The number of nitrogens with zero attached hydrogens (tertiary/aromatic N) is 3. The molecule has 2 rings (SSSR count). The van der Waals surface area contributed by atoms with Gasteiger partial charge in [-0.3, -0.25) is 0 Å². The van der Waals surface area contributed by atoms with Crippen molar-refractivity contribution in [1.29, 1.82) is 0 Å². The molecule has 2 heterocycles. The molecule has 0 saturated carbocycles. The van der Waals surface area contributed by atoms with E-state index in [1.54, 1.807) is 25.2 Å². The molecule has 1 saturated heterocycles. The number of anilines is 1. The molecule has 6 heteroatoms. The van der Waals surface area contributed by atoms with Crippen molar-refractivity contribution in [1.82, 2.24) is 15.3 Å². The van der Waals surface area contributed by atoms with Gasteiger partial charge in [-0.15, -0.1) is 11.8 Å². The molecule has 0 spiro atoms. The van der Waals surface area contributed by atoms with E-state index in [0.29, 0.717) is 12.6 Å². The SMILES string of the molecule is COCCN(CC1CCCN1)c1cc(SC)ncn1. The van der Waals surface area contributed by atoms with Crippen LogP contribution in [0.25, 0.3) is 0 Å². The molecule has 106 valence electrons. The first kappa shape index (κ1) is 14.6. The number of aromatic nitrogens is 2. The molecule has 0 bridgehead atoms. The van der Waals surface area contributed by atoms with Crippen LogP contribution in [-0.2, 0) is 4.74 Å². The minimum Gasteiger partial charge on any atom is -0.383 e. The number of hydrogen-bond acceptors (Lipinski definition) is 6. The van der Waals surface area contributed by atoms with E-state index in [1.165, 1.54) is 12.8 Å². The van der Waals surface area contributed by atoms with Gasteiger partial charge >= 0.3 is 0 Å². The van der Waals surface area contributed by atoms with Gasteiger partial charge in [-0.2, -0.15) is 0 Å². The van der Waals surface area contributed by atoms with Gasteiger partial charge in [0.1, 0.15) is 17.2 Å². The Morgan fingerprint density at radius 2 is 2.42 bits per heavy atom. The fourth-order valence-corrected chi connectivity index (χ4v) is 2.67. The summed E-state index contributed by atoms with van der Waals surface area (Å²) in [5.74, 6) is 0.991. The molecule has 0 radical (unpaired) electrons. The summed E-state index contributed by atoms with van der Waals surface area (Å²) in [6, 6.07) is 2.61. The molecule has 0 aliphatic carbocycles. The predicted molar refractivity (Wildman–Crippen MR) is 78.9 cm³/mol. The van der Waals surface area contributed by atoms with Crippen LogP contribution in [0.1, 0.15) is 12.8 Å². The minimum absolute atomic E-state index is 0.560.